The molecule has 0 spiro atoms. The number of halogens is 1. The van der Waals surface area contributed by atoms with Crippen molar-refractivity contribution in [1.82, 2.24) is 24.6 Å². The predicted molar refractivity (Wildman–Crippen MR) is 108 cm³/mol. The van der Waals surface area contributed by atoms with E-state index in [1.54, 1.807) is 17.3 Å². The van der Waals surface area contributed by atoms with Crippen molar-refractivity contribution in [2.24, 2.45) is 0 Å². The molecule has 1 fully saturated rings. The normalized spacial score (nSPS) is 18.1. The smallest absolute Gasteiger partial charge is 0.325 e. The van der Waals surface area contributed by atoms with Crippen LogP contribution in [0.4, 0.5) is 14.9 Å². The number of imidazole rings is 1. The second-order valence-electron chi connectivity index (χ2n) is 8.12. The molecule has 2 amide bonds. The van der Waals surface area contributed by atoms with Crippen LogP contribution in [0, 0.1) is 5.82 Å². The van der Waals surface area contributed by atoms with Crippen molar-refractivity contribution in [2.45, 2.75) is 45.6 Å². The van der Waals surface area contributed by atoms with Gasteiger partial charge in [-0.3, -0.25) is 9.47 Å². The number of likely N-dealkylation sites (tertiary alicyclic amines) is 1. The molecule has 2 aliphatic rings. The first-order chi connectivity index (χ1) is 14.5. The zero-order chi connectivity index (χ0) is 21.0. The predicted octanol–water partition coefficient (Wildman–Crippen LogP) is 4.28. The second kappa shape index (κ2) is 6.93. The number of benzene rings is 1. The van der Waals surface area contributed by atoms with Crippen molar-refractivity contribution in [3.63, 3.8) is 0 Å². The largest absolute Gasteiger partial charge is 0.339 e. The molecule has 156 valence electrons. The highest BCUT2D eigenvalue weighted by Gasteiger charge is 2.38. The van der Waals surface area contributed by atoms with Gasteiger partial charge in [-0.1, -0.05) is 19.0 Å². The van der Waals surface area contributed by atoms with Gasteiger partial charge in [0.15, 0.2) is 0 Å². The molecular formula is C21H23FN6O2. The van der Waals surface area contributed by atoms with E-state index < -0.39 is 0 Å². The van der Waals surface area contributed by atoms with Crippen molar-refractivity contribution < 1.29 is 13.7 Å². The first kappa shape index (κ1) is 18.8. The lowest BCUT2D eigenvalue weighted by molar-refractivity contribution is 0.213. The van der Waals surface area contributed by atoms with Crippen LogP contribution in [0.25, 0.3) is 17.2 Å². The van der Waals surface area contributed by atoms with Gasteiger partial charge in [0.05, 0.1) is 23.1 Å². The number of carbonyl (C=O) groups is 1. The van der Waals surface area contributed by atoms with Crippen LogP contribution in [0.1, 0.15) is 57.2 Å². The number of fused-ring (bicyclic) bond motifs is 3. The number of rotatable bonds is 2. The number of nitrogens with zero attached hydrogens (tertiary/aromatic N) is 6. The lowest BCUT2D eigenvalue weighted by Gasteiger charge is -2.38. The Morgan fingerprint density at radius 2 is 2.00 bits per heavy atom. The summed E-state index contributed by atoms with van der Waals surface area (Å²) >= 11 is 0. The molecule has 0 saturated carbocycles. The van der Waals surface area contributed by atoms with E-state index >= 15 is 0 Å². The Kier molecular flexibility index (Phi) is 4.34. The fourth-order valence-electron chi connectivity index (χ4n) is 4.24. The van der Waals surface area contributed by atoms with Crippen molar-refractivity contribution in [3.8, 4) is 17.2 Å². The minimum atomic E-state index is -0.385. The molecule has 0 radical (unpaired) electrons. The number of hydrogen-bond acceptors (Lipinski definition) is 5. The van der Waals surface area contributed by atoms with Crippen LogP contribution in [0.15, 0.2) is 29.0 Å². The Labute approximate surface area is 173 Å². The van der Waals surface area contributed by atoms with Gasteiger partial charge in [-0.05, 0) is 38.0 Å². The zero-order valence-corrected chi connectivity index (χ0v) is 17.2. The van der Waals surface area contributed by atoms with Crippen LogP contribution >= 0.6 is 0 Å². The molecule has 4 heterocycles. The Balaban J connectivity index is 1.66. The number of amides is 2. The molecule has 1 saturated heterocycles. The minimum Gasteiger partial charge on any atom is -0.339 e. The van der Waals surface area contributed by atoms with Crippen LogP contribution in [0.2, 0.25) is 0 Å². The Hall–Kier alpha value is -3.23. The second-order valence-corrected chi connectivity index (χ2v) is 8.12. The molecule has 8 nitrogen and oxygen atoms in total. The van der Waals surface area contributed by atoms with Gasteiger partial charge in [0.25, 0.3) is 0 Å². The number of anilines is 1. The van der Waals surface area contributed by atoms with Crippen LogP contribution in [0.5, 0.6) is 0 Å². The fraction of sp³-hybridized carbons (Fsp3) is 0.429. The van der Waals surface area contributed by atoms with E-state index in [9.17, 15) is 9.18 Å². The Bertz CT molecular complexity index is 1110. The average molecular weight is 410 g/mol. The molecular weight excluding hydrogens is 387 g/mol. The quantitative estimate of drug-likeness (QED) is 0.630. The van der Waals surface area contributed by atoms with Crippen molar-refractivity contribution in [3.05, 3.63) is 41.9 Å². The van der Waals surface area contributed by atoms with E-state index in [2.05, 4.69) is 15.1 Å². The molecule has 3 aromatic rings. The number of carbonyl (C=O) groups excluding carboxylic acids is 1. The summed E-state index contributed by atoms with van der Waals surface area (Å²) in [5.41, 5.74) is 2.57. The third-order valence-corrected chi connectivity index (χ3v) is 5.77. The first-order valence-corrected chi connectivity index (χ1v) is 10.2. The molecule has 9 heteroatoms. The monoisotopic (exact) mass is 410 g/mol. The maximum absolute atomic E-state index is 14.2. The fourth-order valence-corrected chi connectivity index (χ4v) is 4.24. The van der Waals surface area contributed by atoms with Gasteiger partial charge < -0.3 is 9.42 Å². The first-order valence-electron chi connectivity index (χ1n) is 10.2. The summed E-state index contributed by atoms with van der Waals surface area (Å²) in [7, 11) is 0. The number of urea groups is 1. The van der Waals surface area contributed by atoms with Crippen molar-refractivity contribution >= 4 is 11.7 Å². The summed E-state index contributed by atoms with van der Waals surface area (Å²) in [6.45, 7) is 7.29. The lowest BCUT2D eigenvalue weighted by atomic mass is 10.0. The van der Waals surface area contributed by atoms with Gasteiger partial charge in [-0.15, -0.1) is 0 Å². The highest BCUT2D eigenvalue weighted by atomic mass is 19.1. The molecule has 30 heavy (non-hydrogen) atoms. The van der Waals surface area contributed by atoms with Gasteiger partial charge in [0.2, 0.25) is 11.7 Å². The van der Waals surface area contributed by atoms with E-state index in [-0.39, 0.29) is 23.8 Å². The van der Waals surface area contributed by atoms with Crippen LogP contribution < -0.4 is 4.90 Å². The van der Waals surface area contributed by atoms with Gasteiger partial charge >= 0.3 is 6.03 Å². The topological polar surface area (TPSA) is 80.3 Å². The maximum atomic E-state index is 14.2. The molecule has 0 unspecified atom stereocenters. The number of hydrogen-bond donors (Lipinski definition) is 0. The van der Waals surface area contributed by atoms with Gasteiger partial charge in [-0.25, -0.2) is 14.2 Å². The average Bonchev–Trinajstić information content (AvgIpc) is 3.46. The highest BCUT2D eigenvalue weighted by Crippen LogP contribution is 2.43. The summed E-state index contributed by atoms with van der Waals surface area (Å²) in [6.07, 6.45) is 3.63. The summed E-state index contributed by atoms with van der Waals surface area (Å²) in [5, 5.41) is 4.10. The Morgan fingerprint density at radius 1 is 1.23 bits per heavy atom. The van der Waals surface area contributed by atoms with E-state index in [0.29, 0.717) is 41.9 Å². The van der Waals surface area contributed by atoms with Gasteiger partial charge in [0.1, 0.15) is 17.8 Å². The SMILES string of the molecule is CC(C)c1nc(-c2ncn3c2[C@@H](C)N(C(=O)N2CCCC2)c2cc(F)ccc2-3)no1. The molecule has 1 atom stereocenters. The molecule has 0 bridgehead atoms. The Morgan fingerprint density at radius 3 is 2.70 bits per heavy atom. The maximum Gasteiger partial charge on any atom is 0.325 e. The molecule has 5 rings (SSSR count). The van der Waals surface area contributed by atoms with Crippen LogP contribution in [-0.2, 0) is 0 Å². The lowest BCUT2D eigenvalue weighted by Crippen LogP contribution is -2.45. The molecule has 2 aromatic heterocycles. The molecule has 1 aromatic carbocycles. The molecule has 0 N–H and O–H groups in total. The summed E-state index contributed by atoms with van der Waals surface area (Å²) in [5.74, 6) is 0.629. The van der Waals surface area contributed by atoms with Crippen molar-refractivity contribution in [2.75, 3.05) is 18.0 Å². The van der Waals surface area contributed by atoms with E-state index in [1.807, 2.05) is 30.2 Å². The number of aromatic nitrogens is 4. The van der Waals surface area contributed by atoms with Crippen LogP contribution in [0.3, 0.4) is 0 Å². The highest BCUT2D eigenvalue weighted by molar-refractivity contribution is 5.96. The third-order valence-electron chi connectivity index (χ3n) is 5.77. The molecule has 0 aliphatic carbocycles. The summed E-state index contributed by atoms with van der Waals surface area (Å²) in [6, 6.07) is 3.97. The van der Waals surface area contributed by atoms with E-state index in [4.69, 9.17) is 4.52 Å². The van der Waals surface area contributed by atoms with E-state index in [1.165, 1.54) is 12.1 Å². The molecule has 2 aliphatic heterocycles. The van der Waals surface area contributed by atoms with Crippen LogP contribution in [-0.4, -0.2) is 43.7 Å². The summed E-state index contributed by atoms with van der Waals surface area (Å²) < 4.78 is 21.4. The zero-order valence-electron chi connectivity index (χ0n) is 17.2. The minimum absolute atomic E-state index is 0.0964. The summed E-state index contributed by atoms with van der Waals surface area (Å²) in [4.78, 5) is 25.9. The van der Waals surface area contributed by atoms with Gasteiger partial charge in [0, 0.05) is 19.0 Å². The third kappa shape index (κ3) is 2.79. The van der Waals surface area contributed by atoms with Crippen molar-refractivity contribution in [1.29, 1.82) is 0 Å². The van der Waals surface area contributed by atoms with Gasteiger partial charge in [-0.2, -0.15) is 4.98 Å². The van der Waals surface area contributed by atoms with E-state index in [0.717, 1.165) is 18.5 Å². The standard InChI is InChI=1S/C21H23FN6O2/c1-12(2)20-24-19(25-30-20)17-18-13(3)28(21(29)26-8-4-5-9-26)16-10-14(22)6-7-15(16)27(18)11-23-17/h6-7,10-13H,4-5,8-9H2,1-3H3/t13-/m1/s1.